The molecule has 1 aliphatic heterocycles. The lowest BCUT2D eigenvalue weighted by Crippen LogP contribution is -2.48. The Bertz CT molecular complexity index is 680. The lowest BCUT2D eigenvalue weighted by Gasteiger charge is -2.38. The molecule has 2 heterocycles. The zero-order valence-corrected chi connectivity index (χ0v) is 15.2. The summed E-state index contributed by atoms with van der Waals surface area (Å²) < 4.78 is 0. The molecule has 3 rings (SSSR count). The van der Waals surface area contributed by atoms with Crippen LogP contribution in [0.1, 0.15) is 28.8 Å². The lowest BCUT2D eigenvalue weighted by atomic mass is 10.0. The SMILES string of the molecule is CN(C(=O)c1ccc(CN)cc1)C1CCCN(c2cccnn2)C1.Cl. The van der Waals surface area contributed by atoms with Crippen LogP contribution in [0, 0.1) is 0 Å². The van der Waals surface area contributed by atoms with Crippen LogP contribution in [0.2, 0.25) is 0 Å². The van der Waals surface area contributed by atoms with E-state index >= 15 is 0 Å². The summed E-state index contributed by atoms with van der Waals surface area (Å²) >= 11 is 0. The van der Waals surface area contributed by atoms with Gasteiger partial charge in [-0.2, -0.15) is 5.10 Å². The van der Waals surface area contributed by atoms with Gasteiger partial charge in [0, 0.05) is 44.5 Å². The third kappa shape index (κ3) is 4.46. The van der Waals surface area contributed by atoms with E-state index in [1.807, 2.05) is 48.3 Å². The highest BCUT2D eigenvalue weighted by Gasteiger charge is 2.27. The molecular formula is C18H24ClN5O. The van der Waals surface area contributed by atoms with Crippen LogP contribution < -0.4 is 10.6 Å². The second-order valence-corrected chi connectivity index (χ2v) is 6.14. The van der Waals surface area contributed by atoms with Crippen molar-refractivity contribution in [2.24, 2.45) is 5.73 Å². The molecule has 1 aliphatic rings. The Balaban J connectivity index is 0.00000225. The first kappa shape index (κ1) is 19.1. The van der Waals surface area contributed by atoms with Gasteiger partial charge in [0.1, 0.15) is 0 Å². The van der Waals surface area contributed by atoms with Crippen LogP contribution in [0.25, 0.3) is 0 Å². The molecule has 0 radical (unpaired) electrons. The van der Waals surface area contributed by atoms with Gasteiger partial charge < -0.3 is 15.5 Å². The van der Waals surface area contributed by atoms with Gasteiger partial charge in [-0.25, -0.2) is 0 Å². The standard InChI is InChI=1S/C18H23N5O.ClH/c1-22(18(24)15-8-6-14(12-19)7-9-15)16-4-3-11-23(13-16)17-5-2-10-20-21-17;/h2,5-10,16H,3-4,11-13,19H2,1H3;1H. The van der Waals surface area contributed by atoms with Crippen LogP contribution in [0.4, 0.5) is 5.82 Å². The van der Waals surface area contributed by atoms with Crippen molar-refractivity contribution in [2.75, 3.05) is 25.0 Å². The molecule has 0 bridgehead atoms. The lowest BCUT2D eigenvalue weighted by molar-refractivity contribution is 0.0717. The number of nitrogens with two attached hydrogens (primary N) is 1. The zero-order chi connectivity index (χ0) is 16.9. The number of rotatable bonds is 4. The van der Waals surface area contributed by atoms with Gasteiger partial charge in [-0.1, -0.05) is 12.1 Å². The number of hydrogen-bond donors (Lipinski definition) is 1. The minimum Gasteiger partial charge on any atom is -0.353 e. The molecule has 0 saturated carbocycles. The molecule has 1 fully saturated rings. The fourth-order valence-electron chi connectivity index (χ4n) is 3.09. The molecule has 6 nitrogen and oxygen atoms in total. The number of halogens is 1. The third-order valence-electron chi connectivity index (χ3n) is 4.58. The minimum absolute atomic E-state index is 0. The van der Waals surface area contributed by atoms with Crippen molar-refractivity contribution < 1.29 is 4.79 Å². The summed E-state index contributed by atoms with van der Waals surface area (Å²) in [5.74, 6) is 0.917. The molecule has 7 heteroatoms. The highest BCUT2D eigenvalue weighted by Crippen LogP contribution is 2.21. The molecule has 134 valence electrons. The number of carbonyl (C=O) groups is 1. The largest absolute Gasteiger partial charge is 0.353 e. The van der Waals surface area contributed by atoms with Crippen LogP contribution in [-0.4, -0.2) is 47.2 Å². The Labute approximate surface area is 154 Å². The number of carbonyl (C=O) groups excluding carboxylic acids is 1. The maximum Gasteiger partial charge on any atom is 0.253 e. The van der Waals surface area contributed by atoms with Crippen molar-refractivity contribution in [3.05, 3.63) is 53.7 Å². The van der Waals surface area contributed by atoms with E-state index in [1.54, 1.807) is 6.20 Å². The van der Waals surface area contributed by atoms with Crippen molar-refractivity contribution in [1.29, 1.82) is 0 Å². The van der Waals surface area contributed by atoms with Gasteiger partial charge in [0.05, 0.1) is 0 Å². The normalized spacial score (nSPS) is 16.9. The molecule has 1 aromatic carbocycles. The number of amides is 1. The van der Waals surface area contributed by atoms with E-state index in [0.29, 0.717) is 12.1 Å². The van der Waals surface area contributed by atoms with E-state index in [1.165, 1.54) is 0 Å². The first-order chi connectivity index (χ1) is 11.7. The van der Waals surface area contributed by atoms with Crippen LogP contribution in [0.3, 0.4) is 0 Å². The number of aromatic nitrogens is 2. The number of benzene rings is 1. The van der Waals surface area contributed by atoms with Crippen molar-refractivity contribution in [3.8, 4) is 0 Å². The van der Waals surface area contributed by atoms with E-state index in [-0.39, 0.29) is 24.4 Å². The fraction of sp³-hybridized carbons (Fsp3) is 0.389. The van der Waals surface area contributed by atoms with E-state index < -0.39 is 0 Å². The average molecular weight is 362 g/mol. The second-order valence-electron chi connectivity index (χ2n) is 6.14. The Morgan fingerprint density at radius 3 is 2.72 bits per heavy atom. The Morgan fingerprint density at radius 1 is 1.32 bits per heavy atom. The monoisotopic (exact) mass is 361 g/mol. The molecule has 1 aromatic heterocycles. The highest BCUT2D eigenvalue weighted by atomic mass is 35.5. The Morgan fingerprint density at radius 2 is 2.08 bits per heavy atom. The molecule has 0 aliphatic carbocycles. The molecule has 1 unspecified atom stereocenters. The topological polar surface area (TPSA) is 75.3 Å². The molecular weight excluding hydrogens is 338 g/mol. The maximum absolute atomic E-state index is 12.7. The van der Waals surface area contributed by atoms with Crippen LogP contribution >= 0.6 is 12.4 Å². The first-order valence-electron chi connectivity index (χ1n) is 8.28. The molecule has 2 N–H and O–H groups in total. The average Bonchev–Trinajstić information content (AvgIpc) is 2.67. The van der Waals surface area contributed by atoms with Gasteiger partial charge in [-0.3, -0.25) is 4.79 Å². The molecule has 1 atom stereocenters. The first-order valence-corrected chi connectivity index (χ1v) is 8.28. The number of piperidine rings is 1. The summed E-state index contributed by atoms with van der Waals surface area (Å²) in [6.45, 7) is 2.21. The van der Waals surface area contributed by atoms with Gasteiger partial charge in [0.2, 0.25) is 0 Å². The van der Waals surface area contributed by atoms with E-state index in [0.717, 1.165) is 37.3 Å². The van der Waals surface area contributed by atoms with E-state index in [9.17, 15) is 4.79 Å². The van der Waals surface area contributed by atoms with Gasteiger partial charge in [-0.15, -0.1) is 17.5 Å². The number of hydrogen-bond acceptors (Lipinski definition) is 5. The van der Waals surface area contributed by atoms with Crippen molar-refractivity contribution in [1.82, 2.24) is 15.1 Å². The summed E-state index contributed by atoms with van der Waals surface area (Å²) in [4.78, 5) is 16.8. The number of likely N-dealkylation sites (N-methyl/N-ethyl adjacent to an activating group) is 1. The van der Waals surface area contributed by atoms with E-state index in [2.05, 4.69) is 15.1 Å². The molecule has 1 amide bonds. The zero-order valence-electron chi connectivity index (χ0n) is 14.3. The van der Waals surface area contributed by atoms with Crippen LogP contribution in [-0.2, 0) is 6.54 Å². The van der Waals surface area contributed by atoms with Gasteiger partial charge >= 0.3 is 0 Å². The van der Waals surface area contributed by atoms with Crippen LogP contribution in [0.5, 0.6) is 0 Å². The minimum atomic E-state index is 0. The fourth-order valence-corrected chi connectivity index (χ4v) is 3.09. The van der Waals surface area contributed by atoms with Crippen molar-refractivity contribution in [3.63, 3.8) is 0 Å². The van der Waals surface area contributed by atoms with Gasteiger partial charge in [-0.05, 0) is 42.7 Å². The molecule has 0 spiro atoms. The molecule has 1 saturated heterocycles. The smallest absolute Gasteiger partial charge is 0.253 e. The Hall–Kier alpha value is -2.18. The molecule has 2 aromatic rings. The summed E-state index contributed by atoms with van der Waals surface area (Å²) in [5, 5.41) is 8.13. The quantitative estimate of drug-likeness (QED) is 0.902. The van der Waals surface area contributed by atoms with Gasteiger partial charge in [0.25, 0.3) is 5.91 Å². The third-order valence-corrected chi connectivity index (χ3v) is 4.58. The predicted octanol–water partition coefficient (Wildman–Crippen LogP) is 2.10. The van der Waals surface area contributed by atoms with Crippen molar-refractivity contribution >= 4 is 24.1 Å². The maximum atomic E-state index is 12.7. The summed E-state index contributed by atoms with van der Waals surface area (Å²) in [7, 11) is 1.88. The van der Waals surface area contributed by atoms with Crippen molar-refractivity contribution in [2.45, 2.75) is 25.4 Å². The number of nitrogens with zero attached hydrogens (tertiary/aromatic N) is 4. The summed E-state index contributed by atoms with van der Waals surface area (Å²) in [5.41, 5.74) is 7.34. The van der Waals surface area contributed by atoms with E-state index in [4.69, 9.17) is 5.73 Å². The predicted molar refractivity (Wildman–Crippen MR) is 101 cm³/mol. The van der Waals surface area contributed by atoms with Gasteiger partial charge in [0.15, 0.2) is 5.82 Å². The second kappa shape index (κ2) is 8.78. The number of anilines is 1. The highest BCUT2D eigenvalue weighted by molar-refractivity contribution is 5.94. The summed E-state index contributed by atoms with van der Waals surface area (Å²) in [6.07, 6.45) is 3.70. The Kier molecular flexibility index (Phi) is 6.73. The summed E-state index contributed by atoms with van der Waals surface area (Å²) in [6, 6.07) is 11.5. The molecule has 25 heavy (non-hydrogen) atoms. The van der Waals surface area contributed by atoms with Crippen LogP contribution in [0.15, 0.2) is 42.6 Å².